The Hall–Kier alpha value is -2.34. The van der Waals surface area contributed by atoms with Crippen molar-refractivity contribution in [3.8, 4) is 16.9 Å². The number of ketones is 1. The van der Waals surface area contributed by atoms with Crippen molar-refractivity contribution in [2.45, 2.75) is 12.7 Å². The quantitative estimate of drug-likeness (QED) is 0.854. The molecule has 0 saturated carbocycles. The summed E-state index contributed by atoms with van der Waals surface area (Å²) in [5.41, 5.74) is 5.74. The minimum atomic E-state index is -5.06. The van der Waals surface area contributed by atoms with Crippen molar-refractivity contribution < 1.29 is 23.1 Å². The highest BCUT2D eigenvalue weighted by Crippen LogP contribution is 2.34. The third-order valence-electron chi connectivity index (χ3n) is 3.02. The summed E-state index contributed by atoms with van der Waals surface area (Å²) >= 11 is 0. The lowest BCUT2D eigenvalue weighted by Gasteiger charge is -2.13. The van der Waals surface area contributed by atoms with E-state index in [1.54, 1.807) is 30.3 Å². The summed E-state index contributed by atoms with van der Waals surface area (Å²) in [6.45, 7) is -0.176. The molecule has 0 aromatic heterocycles. The Kier molecular flexibility index (Phi) is 3.99. The number of rotatable bonds is 3. The molecule has 21 heavy (non-hydrogen) atoms. The number of phenolic OH excluding ortho intramolecular Hbond substituents is 1. The van der Waals surface area contributed by atoms with Gasteiger partial charge in [-0.3, -0.25) is 4.79 Å². The van der Waals surface area contributed by atoms with Gasteiger partial charge in [-0.1, -0.05) is 30.3 Å². The summed E-state index contributed by atoms with van der Waals surface area (Å²) in [5, 5.41) is 9.79. The summed E-state index contributed by atoms with van der Waals surface area (Å²) in [5.74, 6) is -2.81. The molecule has 110 valence electrons. The normalized spacial score (nSPS) is 11.4. The molecule has 6 heteroatoms. The van der Waals surface area contributed by atoms with Gasteiger partial charge in [0.05, 0.1) is 5.56 Å². The largest absolute Gasteiger partial charge is 0.507 e. The van der Waals surface area contributed by atoms with Gasteiger partial charge >= 0.3 is 6.18 Å². The molecular weight excluding hydrogens is 283 g/mol. The highest BCUT2D eigenvalue weighted by molar-refractivity contribution is 6.03. The Bertz CT molecular complexity index is 667. The smallest absolute Gasteiger partial charge is 0.455 e. The molecule has 0 spiro atoms. The second-order valence-electron chi connectivity index (χ2n) is 4.43. The lowest BCUT2D eigenvalue weighted by Crippen LogP contribution is -2.23. The standard InChI is InChI=1S/C15H12F3NO2/c16-15(17,18)14(21)12-7-10(6-11(8-19)13(12)20)9-4-2-1-3-5-9/h1-7,20H,8,19H2. The number of nitrogens with two attached hydrogens (primary N) is 1. The Morgan fingerprint density at radius 1 is 1.10 bits per heavy atom. The predicted octanol–water partition coefficient (Wildman–Crippen LogP) is 3.26. The molecule has 3 N–H and O–H groups in total. The van der Waals surface area contributed by atoms with E-state index in [4.69, 9.17) is 5.73 Å². The third kappa shape index (κ3) is 3.05. The Morgan fingerprint density at radius 2 is 1.71 bits per heavy atom. The lowest BCUT2D eigenvalue weighted by atomic mass is 9.96. The average molecular weight is 295 g/mol. The first kappa shape index (κ1) is 15.1. The van der Waals surface area contributed by atoms with Crippen LogP contribution in [-0.2, 0) is 6.54 Å². The average Bonchev–Trinajstić information content (AvgIpc) is 2.46. The van der Waals surface area contributed by atoms with Crippen LogP contribution in [0.2, 0.25) is 0 Å². The van der Waals surface area contributed by atoms with Crippen molar-refractivity contribution in [3.05, 3.63) is 53.6 Å². The zero-order chi connectivity index (χ0) is 15.6. The number of carbonyl (C=O) groups excluding carboxylic acids is 1. The minimum Gasteiger partial charge on any atom is -0.507 e. The Labute approximate surface area is 118 Å². The number of alkyl halides is 3. The third-order valence-corrected chi connectivity index (χ3v) is 3.02. The van der Waals surface area contributed by atoms with Gasteiger partial charge in [-0.2, -0.15) is 13.2 Å². The number of phenols is 1. The number of hydrogen-bond acceptors (Lipinski definition) is 3. The van der Waals surface area contributed by atoms with E-state index in [0.717, 1.165) is 6.07 Å². The van der Waals surface area contributed by atoms with Crippen LogP contribution in [-0.4, -0.2) is 17.1 Å². The first-order valence-electron chi connectivity index (χ1n) is 6.07. The van der Waals surface area contributed by atoms with E-state index in [1.165, 1.54) is 6.07 Å². The van der Waals surface area contributed by atoms with Crippen LogP contribution in [0.4, 0.5) is 13.2 Å². The van der Waals surface area contributed by atoms with E-state index in [9.17, 15) is 23.1 Å². The summed E-state index contributed by atoms with van der Waals surface area (Å²) in [6.07, 6.45) is -5.06. The van der Waals surface area contributed by atoms with Crippen LogP contribution in [0.25, 0.3) is 11.1 Å². The van der Waals surface area contributed by atoms with Gasteiger partial charge < -0.3 is 10.8 Å². The molecular formula is C15H12F3NO2. The monoisotopic (exact) mass is 295 g/mol. The van der Waals surface area contributed by atoms with E-state index in [1.807, 2.05) is 0 Å². The van der Waals surface area contributed by atoms with Crippen LogP contribution in [0.5, 0.6) is 5.75 Å². The number of aromatic hydroxyl groups is 1. The second-order valence-corrected chi connectivity index (χ2v) is 4.43. The van der Waals surface area contributed by atoms with E-state index in [0.29, 0.717) is 11.1 Å². The number of Topliss-reactive ketones (excluding diaryl/α,β-unsaturated/α-hetero) is 1. The number of benzene rings is 2. The molecule has 0 aliphatic rings. The lowest BCUT2D eigenvalue weighted by molar-refractivity contribution is -0.0886. The summed E-state index contributed by atoms with van der Waals surface area (Å²) < 4.78 is 37.8. The fourth-order valence-electron chi connectivity index (χ4n) is 1.97. The van der Waals surface area contributed by atoms with E-state index >= 15 is 0 Å². The van der Waals surface area contributed by atoms with Gasteiger partial charge in [-0.25, -0.2) is 0 Å². The maximum atomic E-state index is 12.6. The van der Waals surface area contributed by atoms with Crippen LogP contribution in [0.15, 0.2) is 42.5 Å². The molecule has 0 saturated heterocycles. The summed E-state index contributed by atoms with van der Waals surface area (Å²) in [4.78, 5) is 11.4. The molecule has 0 heterocycles. The molecule has 0 fully saturated rings. The molecule has 0 aliphatic carbocycles. The molecule has 0 unspecified atom stereocenters. The fraction of sp³-hybridized carbons (Fsp3) is 0.133. The molecule has 2 aromatic rings. The van der Waals surface area contributed by atoms with Gasteiger partial charge in [0.1, 0.15) is 5.75 Å². The molecule has 0 radical (unpaired) electrons. The highest BCUT2D eigenvalue weighted by Gasteiger charge is 2.41. The minimum absolute atomic E-state index is 0.0870. The topological polar surface area (TPSA) is 63.3 Å². The zero-order valence-corrected chi connectivity index (χ0v) is 10.8. The predicted molar refractivity (Wildman–Crippen MR) is 71.8 cm³/mol. The Morgan fingerprint density at radius 3 is 2.24 bits per heavy atom. The van der Waals surface area contributed by atoms with Gasteiger partial charge in [0.15, 0.2) is 0 Å². The van der Waals surface area contributed by atoms with E-state index in [2.05, 4.69) is 0 Å². The van der Waals surface area contributed by atoms with Crippen molar-refractivity contribution in [3.63, 3.8) is 0 Å². The summed E-state index contributed by atoms with van der Waals surface area (Å²) in [7, 11) is 0. The van der Waals surface area contributed by atoms with Gasteiger partial charge in [-0.05, 0) is 23.3 Å². The van der Waals surface area contributed by atoms with Crippen LogP contribution in [0, 0.1) is 0 Å². The summed E-state index contributed by atoms with van der Waals surface area (Å²) in [6, 6.07) is 11.1. The number of hydrogen-bond donors (Lipinski definition) is 2. The SMILES string of the molecule is NCc1cc(-c2ccccc2)cc(C(=O)C(F)(F)F)c1O. The van der Waals surface area contributed by atoms with Gasteiger partial charge in [0.2, 0.25) is 0 Å². The van der Waals surface area contributed by atoms with Crippen LogP contribution < -0.4 is 5.73 Å². The van der Waals surface area contributed by atoms with Crippen molar-refractivity contribution in [2.75, 3.05) is 0 Å². The van der Waals surface area contributed by atoms with Crippen molar-refractivity contribution >= 4 is 5.78 Å². The molecule has 0 aliphatic heterocycles. The van der Waals surface area contributed by atoms with Crippen LogP contribution >= 0.6 is 0 Å². The second kappa shape index (κ2) is 5.57. The maximum absolute atomic E-state index is 12.6. The van der Waals surface area contributed by atoms with E-state index < -0.39 is 23.3 Å². The fourth-order valence-corrected chi connectivity index (χ4v) is 1.97. The molecule has 0 bridgehead atoms. The van der Waals surface area contributed by atoms with E-state index in [-0.39, 0.29) is 12.1 Å². The molecule has 0 amide bonds. The molecule has 0 atom stereocenters. The highest BCUT2D eigenvalue weighted by atomic mass is 19.4. The zero-order valence-electron chi connectivity index (χ0n) is 10.8. The first-order valence-corrected chi connectivity index (χ1v) is 6.07. The molecule has 2 rings (SSSR count). The maximum Gasteiger partial charge on any atom is 0.455 e. The molecule has 2 aromatic carbocycles. The van der Waals surface area contributed by atoms with Crippen molar-refractivity contribution in [1.82, 2.24) is 0 Å². The van der Waals surface area contributed by atoms with Gasteiger partial charge in [0, 0.05) is 12.1 Å². The van der Waals surface area contributed by atoms with Crippen molar-refractivity contribution in [1.29, 1.82) is 0 Å². The van der Waals surface area contributed by atoms with Crippen molar-refractivity contribution in [2.24, 2.45) is 5.73 Å². The van der Waals surface area contributed by atoms with Gasteiger partial charge in [0.25, 0.3) is 5.78 Å². The van der Waals surface area contributed by atoms with Crippen LogP contribution in [0.3, 0.4) is 0 Å². The Balaban J connectivity index is 2.63. The number of halogens is 3. The first-order chi connectivity index (χ1) is 9.84. The van der Waals surface area contributed by atoms with Gasteiger partial charge in [-0.15, -0.1) is 0 Å². The molecule has 3 nitrogen and oxygen atoms in total. The van der Waals surface area contributed by atoms with Crippen LogP contribution in [0.1, 0.15) is 15.9 Å². The number of carbonyl (C=O) groups is 1.